The predicted molar refractivity (Wildman–Crippen MR) is 78.9 cm³/mol. The highest BCUT2D eigenvalue weighted by Crippen LogP contribution is 2.12. The van der Waals surface area contributed by atoms with Crippen molar-refractivity contribution in [1.82, 2.24) is 15.1 Å². The average molecular weight is 303 g/mol. The highest BCUT2D eigenvalue weighted by atomic mass is 16.4. The van der Waals surface area contributed by atoms with E-state index in [1.54, 1.807) is 10.7 Å². The van der Waals surface area contributed by atoms with Crippen molar-refractivity contribution in [3.8, 4) is 5.69 Å². The molecule has 7 heteroatoms. The van der Waals surface area contributed by atoms with Crippen LogP contribution in [0.2, 0.25) is 0 Å². The molecule has 1 aromatic heterocycles. The van der Waals surface area contributed by atoms with E-state index in [1.807, 2.05) is 37.3 Å². The van der Waals surface area contributed by atoms with Gasteiger partial charge in [0.25, 0.3) is 5.91 Å². The van der Waals surface area contributed by atoms with Crippen LogP contribution in [0.4, 0.5) is 0 Å². The summed E-state index contributed by atoms with van der Waals surface area (Å²) >= 11 is 0. The van der Waals surface area contributed by atoms with E-state index >= 15 is 0 Å². The third kappa shape index (κ3) is 3.32. The Labute approximate surface area is 127 Å². The normalized spacial score (nSPS) is 13.4. The maximum atomic E-state index is 12.0. The molecule has 0 bridgehead atoms. The lowest BCUT2D eigenvalue weighted by Crippen LogP contribution is -2.46. The second-order valence-electron chi connectivity index (χ2n) is 5.18. The first-order valence-electron chi connectivity index (χ1n) is 6.67. The summed E-state index contributed by atoms with van der Waals surface area (Å²) in [7, 11) is 0. The van der Waals surface area contributed by atoms with Gasteiger partial charge in [0.1, 0.15) is 0 Å². The van der Waals surface area contributed by atoms with Crippen molar-refractivity contribution in [2.24, 2.45) is 0 Å². The number of aliphatic carboxylic acids is 1. The number of rotatable bonds is 5. The number of amides is 1. The van der Waals surface area contributed by atoms with Crippen molar-refractivity contribution in [1.29, 1.82) is 0 Å². The molecule has 0 radical (unpaired) electrons. The highest BCUT2D eigenvalue weighted by molar-refractivity contribution is 5.93. The summed E-state index contributed by atoms with van der Waals surface area (Å²) in [5, 5.41) is 25.0. The summed E-state index contributed by atoms with van der Waals surface area (Å²) in [4.78, 5) is 22.8. The SMILES string of the molecule is Cc1cc(C(=O)NCC(C)(O)C(=O)O)nn1-c1ccccc1. The molecule has 3 N–H and O–H groups in total. The number of aliphatic hydroxyl groups is 1. The molecule has 1 heterocycles. The fourth-order valence-electron chi connectivity index (χ4n) is 1.83. The van der Waals surface area contributed by atoms with Crippen LogP contribution in [0.15, 0.2) is 36.4 Å². The summed E-state index contributed by atoms with van der Waals surface area (Å²) in [6.45, 7) is 2.52. The lowest BCUT2D eigenvalue weighted by molar-refractivity contribution is -0.155. The number of carboxylic acids is 1. The zero-order valence-electron chi connectivity index (χ0n) is 12.3. The third-order valence-electron chi connectivity index (χ3n) is 3.17. The van der Waals surface area contributed by atoms with Crippen LogP contribution in [-0.4, -0.2) is 44.0 Å². The average Bonchev–Trinajstić information content (AvgIpc) is 2.87. The number of aromatic nitrogens is 2. The van der Waals surface area contributed by atoms with Gasteiger partial charge < -0.3 is 15.5 Å². The first-order valence-corrected chi connectivity index (χ1v) is 6.67. The van der Waals surface area contributed by atoms with Gasteiger partial charge in [-0.2, -0.15) is 5.10 Å². The van der Waals surface area contributed by atoms with E-state index in [4.69, 9.17) is 5.11 Å². The van der Waals surface area contributed by atoms with Gasteiger partial charge in [-0.1, -0.05) is 18.2 Å². The summed E-state index contributed by atoms with van der Waals surface area (Å²) in [6, 6.07) is 10.9. The largest absolute Gasteiger partial charge is 0.479 e. The second kappa shape index (κ2) is 5.98. The van der Waals surface area contributed by atoms with Gasteiger partial charge in [0.2, 0.25) is 0 Å². The molecule has 2 rings (SSSR count). The van der Waals surface area contributed by atoms with Crippen LogP contribution in [0, 0.1) is 6.92 Å². The van der Waals surface area contributed by atoms with Crippen LogP contribution < -0.4 is 5.32 Å². The molecule has 1 aromatic carbocycles. The van der Waals surface area contributed by atoms with E-state index in [1.165, 1.54) is 0 Å². The van der Waals surface area contributed by atoms with E-state index in [0.29, 0.717) is 0 Å². The molecule has 1 amide bonds. The number of hydrogen-bond donors (Lipinski definition) is 3. The number of hydrogen-bond acceptors (Lipinski definition) is 4. The minimum Gasteiger partial charge on any atom is -0.479 e. The molecule has 0 saturated heterocycles. The topological polar surface area (TPSA) is 104 Å². The first-order chi connectivity index (χ1) is 10.3. The van der Waals surface area contributed by atoms with Gasteiger partial charge in [-0.25, -0.2) is 9.48 Å². The standard InChI is InChI=1S/C15H17N3O4/c1-10-8-12(13(19)16-9-15(2,22)14(20)21)17-18(10)11-6-4-3-5-7-11/h3-8,22H,9H2,1-2H3,(H,16,19)(H,20,21). The molecule has 7 nitrogen and oxygen atoms in total. The van der Waals surface area contributed by atoms with Gasteiger partial charge in [-0.3, -0.25) is 4.79 Å². The first kappa shape index (κ1) is 15.7. The molecular weight excluding hydrogens is 286 g/mol. The molecule has 0 fully saturated rings. The smallest absolute Gasteiger partial charge is 0.337 e. The Morgan fingerprint density at radius 3 is 2.55 bits per heavy atom. The molecule has 0 spiro atoms. The molecule has 0 aliphatic rings. The molecule has 0 saturated carbocycles. The number of para-hydroxylation sites is 1. The Morgan fingerprint density at radius 1 is 1.32 bits per heavy atom. The number of benzene rings is 1. The minimum atomic E-state index is -2.02. The number of nitrogens with one attached hydrogen (secondary N) is 1. The van der Waals surface area contributed by atoms with Gasteiger partial charge in [-0.05, 0) is 32.0 Å². The lowest BCUT2D eigenvalue weighted by atomic mass is 10.1. The molecule has 0 aliphatic carbocycles. The van der Waals surface area contributed by atoms with E-state index in [9.17, 15) is 14.7 Å². The fraction of sp³-hybridized carbons (Fsp3) is 0.267. The van der Waals surface area contributed by atoms with Crippen LogP contribution in [0.3, 0.4) is 0 Å². The Hall–Kier alpha value is -2.67. The summed E-state index contributed by atoms with van der Waals surface area (Å²) in [6.07, 6.45) is 0. The van der Waals surface area contributed by atoms with Crippen LogP contribution in [0.25, 0.3) is 5.69 Å². The van der Waals surface area contributed by atoms with Gasteiger partial charge in [0, 0.05) is 5.69 Å². The number of carbonyl (C=O) groups is 2. The summed E-state index contributed by atoms with van der Waals surface area (Å²) in [5.74, 6) is -1.95. The maximum Gasteiger partial charge on any atom is 0.337 e. The van der Waals surface area contributed by atoms with Gasteiger partial charge in [-0.15, -0.1) is 0 Å². The van der Waals surface area contributed by atoms with Crippen LogP contribution in [0.5, 0.6) is 0 Å². The number of aryl methyl sites for hydroxylation is 1. The number of carbonyl (C=O) groups excluding carboxylic acids is 1. The Kier molecular flexibility index (Phi) is 4.27. The number of nitrogens with zero attached hydrogens (tertiary/aromatic N) is 2. The van der Waals surface area contributed by atoms with Crippen LogP contribution in [-0.2, 0) is 4.79 Å². The van der Waals surface area contributed by atoms with Crippen molar-refractivity contribution in [2.45, 2.75) is 19.4 Å². The number of carboxylic acid groups (broad SMARTS) is 1. The Bertz CT molecular complexity index is 692. The molecule has 1 atom stereocenters. The van der Waals surface area contributed by atoms with Crippen molar-refractivity contribution < 1.29 is 19.8 Å². The zero-order chi connectivity index (χ0) is 16.3. The Morgan fingerprint density at radius 2 is 1.95 bits per heavy atom. The summed E-state index contributed by atoms with van der Waals surface area (Å²) < 4.78 is 1.62. The van der Waals surface area contributed by atoms with Gasteiger partial charge in [0.05, 0.1) is 12.2 Å². The van der Waals surface area contributed by atoms with Crippen LogP contribution >= 0.6 is 0 Å². The second-order valence-corrected chi connectivity index (χ2v) is 5.18. The zero-order valence-corrected chi connectivity index (χ0v) is 12.3. The quantitative estimate of drug-likeness (QED) is 0.756. The summed E-state index contributed by atoms with van der Waals surface area (Å²) in [5.41, 5.74) is -0.285. The van der Waals surface area contributed by atoms with Crippen LogP contribution in [0.1, 0.15) is 23.1 Å². The van der Waals surface area contributed by atoms with E-state index in [-0.39, 0.29) is 5.69 Å². The van der Waals surface area contributed by atoms with E-state index in [2.05, 4.69) is 10.4 Å². The van der Waals surface area contributed by atoms with Crippen molar-refractivity contribution in [2.75, 3.05) is 6.54 Å². The third-order valence-corrected chi connectivity index (χ3v) is 3.17. The lowest BCUT2D eigenvalue weighted by Gasteiger charge is -2.17. The molecule has 1 unspecified atom stereocenters. The molecule has 22 heavy (non-hydrogen) atoms. The monoisotopic (exact) mass is 303 g/mol. The molecular formula is C15H17N3O4. The fourth-order valence-corrected chi connectivity index (χ4v) is 1.83. The Balaban J connectivity index is 2.14. The van der Waals surface area contributed by atoms with Crippen molar-refractivity contribution in [3.63, 3.8) is 0 Å². The molecule has 2 aromatic rings. The van der Waals surface area contributed by atoms with E-state index < -0.39 is 24.0 Å². The van der Waals surface area contributed by atoms with Gasteiger partial charge >= 0.3 is 5.97 Å². The van der Waals surface area contributed by atoms with E-state index in [0.717, 1.165) is 18.3 Å². The molecule has 0 aliphatic heterocycles. The molecule has 116 valence electrons. The van der Waals surface area contributed by atoms with Gasteiger partial charge in [0.15, 0.2) is 11.3 Å². The minimum absolute atomic E-state index is 0.155. The maximum absolute atomic E-state index is 12.0. The van der Waals surface area contributed by atoms with Crippen molar-refractivity contribution >= 4 is 11.9 Å². The highest BCUT2D eigenvalue weighted by Gasteiger charge is 2.30. The van der Waals surface area contributed by atoms with Crippen molar-refractivity contribution in [3.05, 3.63) is 47.8 Å². The predicted octanol–water partition coefficient (Wildman–Crippen LogP) is 0.746.